The Morgan fingerprint density at radius 2 is 1.57 bits per heavy atom. The Morgan fingerprint density at radius 3 is 2.27 bits per heavy atom. The van der Waals surface area contributed by atoms with Gasteiger partial charge in [-0.15, -0.1) is 0 Å². The maximum absolute atomic E-state index is 13.6. The second-order valence-electron chi connectivity index (χ2n) is 6.91. The molecule has 0 unspecified atom stereocenters. The first-order valence-electron chi connectivity index (χ1n) is 9.26. The van der Waals surface area contributed by atoms with Crippen molar-refractivity contribution in [2.24, 2.45) is 0 Å². The summed E-state index contributed by atoms with van der Waals surface area (Å²) in [5, 5.41) is 0.789. The molecule has 0 bridgehead atoms. The molecule has 0 saturated carbocycles. The third-order valence-corrected chi connectivity index (χ3v) is 6.66. The van der Waals surface area contributed by atoms with Crippen LogP contribution >= 0.6 is 35.0 Å². The molecule has 3 aromatic carbocycles. The Labute approximate surface area is 189 Å². The summed E-state index contributed by atoms with van der Waals surface area (Å²) < 4.78 is 0. The SMILES string of the molecule is Cc1cccc(N2C(=O)C(Sc3ccccc3)=C(c3ccc(Cl)cc3Cl)C2=O)c1C. The van der Waals surface area contributed by atoms with Crippen LogP contribution in [0.25, 0.3) is 5.57 Å². The van der Waals surface area contributed by atoms with Crippen LogP contribution in [0.5, 0.6) is 0 Å². The summed E-state index contributed by atoms with van der Waals surface area (Å²) in [6, 6.07) is 20.0. The Hall–Kier alpha value is -2.53. The van der Waals surface area contributed by atoms with E-state index in [-0.39, 0.29) is 11.5 Å². The molecule has 1 aliphatic heterocycles. The lowest BCUT2D eigenvalue weighted by molar-refractivity contribution is -0.119. The van der Waals surface area contributed by atoms with Crippen LogP contribution in [0.4, 0.5) is 5.69 Å². The molecule has 3 nitrogen and oxygen atoms in total. The average molecular weight is 454 g/mol. The van der Waals surface area contributed by atoms with Crippen LogP contribution in [0, 0.1) is 13.8 Å². The molecule has 0 fully saturated rings. The van der Waals surface area contributed by atoms with E-state index in [4.69, 9.17) is 23.2 Å². The fourth-order valence-corrected chi connectivity index (χ4v) is 4.85. The molecule has 0 saturated heterocycles. The molecule has 4 rings (SSSR count). The van der Waals surface area contributed by atoms with Gasteiger partial charge in [0.2, 0.25) is 0 Å². The van der Waals surface area contributed by atoms with Gasteiger partial charge in [0.15, 0.2) is 0 Å². The van der Waals surface area contributed by atoms with Crippen molar-refractivity contribution in [3.63, 3.8) is 0 Å². The number of carbonyl (C=O) groups is 2. The number of halogens is 2. The standard InChI is InChI=1S/C24H17Cl2NO2S/c1-14-7-6-10-20(15(14)2)27-23(28)21(18-12-11-16(25)13-19(18)26)22(24(27)29)30-17-8-4-3-5-9-17/h3-13H,1-2H3. The number of imide groups is 1. The minimum Gasteiger partial charge on any atom is -0.268 e. The average Bonchev–Trinajstić information content (AvgIpc) is 2.95. The van der Waals surface area contributed by atoms with E-state index in [9.17, 15) is 9.59 Å². The number of rotatable bonds is 4. The van der Waals surface area contributed by atoms with Gasteiger partial charge >= 0.3 is 0 Å². The van der Waals surface area contributed by atoms with Gasteiger partial charge in [-0.1, -0.05) is 71.4 Å². The number of benzene rings is 3. The Kier molecular flexibility index (Phi) is 5.74. The molecule has 0 radical (unpaired) electrons. The molecule has 0 aromatic heterocycles. The smallest absolute Gasteiger partial charge is 0.268 e. The van der Waals surface area contributed by atoms with Crippen molar-refractivity contribution in [2.45, 2.75) is 18.7 Å². The number of amides is 2. The Bertz CT molecular complexity index is 1210. The first kappa shape index (κ1) is 20.7. The van der Waals surface area contributed by atoms with Gasteiger partial charge < -0.3 is 0 Å². The second kappa shape index (κ2) is 8.31. The number of aryl methyl sites for hydroxylation is 1. The Morgan fingerprint density at radius 1 is 0.833 bits per heavy atom. The van der Waals surface area contributed by atoms with Crippen LogP contribution in [0.1, 0.15) is 16.7 Å². The van der Waals surface area contributed by atoms with Crippen molar-refractivity contribution >= 4 is 58.0 Å². The zero-order chi connectivity index (χ0) is 21.4. The van der Waals surface area contributed by atoms with Gasteiger partial charge in [0.05, 0.1) is 21.2 Å². The van der Waals surface area contributed by atoms with Crippen molar-refractivity contribution in [3.8, 4) is 0 Å². The van der Waals surface area contributed by atoms with Crippen molar-refractivity contribution in [1.82, 2.24) is 0 Å². The molecule has 0 atom stereocenters. The van der Waals surface area contributed by atoms with Gasteiger partial charge in [-0.2, -0.15) is 0 Å². The topological polar surface area (TPSA) is 37.4 Å². The quantitative estimate of drug-likeness (QED) is 0.413. The van der Waals surface area contributed by atoms with Crippen molar-refractivity contribution in [3.05, 3.63) is 98.4 Å². The number of carbonyl (C=O) groups excluding carboxylic acids is 2. The van der Waals surface area contributed by atoms with Crippen LogP contribution in [-0.4, -0.2) is 11.8 Å². The lowest BCUT2D eigenvalue weighted by atomic mass is 10.1. The third kappa shape index (κ3) is 3.67. The minimum absolute atomic E-state index is 0.288. The van der Waals surface area contributed by atoms with E-state index in [1.54, 1.807) is 24.3 Å². The van der Waals surface area contributed by atoms with E-state index < -0.39 is 5.91 Å². The van der Waals surface area contributed by atoms with Crippen molar-refractivity contribution < 1.29 is 9.59 Å². The summed E-state index contributed by atoms with van der Waals surface area (Å²) in [4.78, 5) is 29.5. The van der Waals surface area contributed by atoms with E-state index in [2.05, 4.69) is 0 Å². The zero-order valence-electron chi connectivity index (χ0n) is 16.3. The van der Waals surface area contributed by atoms with Crippen molar-refractivity contribution in [1.29, 1.82) is 0 Å². The highest BCUT2D eigenvalue weighted by Crippen LogP contribution is 2.44. The fourth-order valence-electron chi connectivity index (χ4n) is 3.34. The largest absolute Gasteiger partial charge is 0.272 e. The molecular formula is C24H17Cl2NO2S. The first-order valence-corrected chi connectivity index (χ1v) is 10.8. The zero-order valence-corrected chi connectivity index (χ0v) is 18.6. The van der Waals surface area contributed by atoms with Crippen LogP contribution < -0.4 is 4.90 Å². The molecule has 30 heavy (non-hydrogen) atoms. The maximum atomic E-state index is 13.6. The van der Waals surface area contributed by atoms with E-state index in [0.29, 0.717) is 26.2 Å². The molecule has 150 valence electrons. The predicted molar refractivity (Wildman–Crippen MR) is 124 cm³/mol. The van der Waals surface area contributed by atoms with E-state index in [0.717, 1.165) is 16.0 Å². The van der Waals surface area contributed by atoms with Crippen LogP contribution in [-0.2, 0) is 9.59 Å². The molecule has 6 heteroatoms. The van der Waals surface area contributed by atoms with Crippen LogP contribution in [0.3, 0.4) is 0 Å². The molecule has 1 heterocycles. The molecule has 2 amide bonds. The van der Waals surface area contributed by atoms with Gasteiger partial charge in [-0.3, -0.25) is 9.59 Å². The summed E-state index contributed by atoms with van der Waals surface area (Å²) in [5.41, 5.74) is 3.24. The summed E-state index contributed by atoms with van der Waals surface area (Å²) in [7, 11) is 0. The normalized spacial score (nSPS) is 14.1. The summed E-state index contributed by atoms with van der Waals surface area (Å²) in [5.74, 6) is -0.750. The van der Waals surface area contributed by atoms with E-state index in [1.165, 1.54) is 16.7 Å². The lowest BCUT2D eigenvalue weighted by Crippen LogP contribution is -2.32. The lowest BCUT2D eigenvalue weighted by Gasteiger charge is -2.19. The van der Waals surface area contributed by atoms with Gasteiger partial charge in [-0.05, 0) is 55.3 Å². The number of thioether (sulfide) groups is 1. The molecular weight excluding hydrogens is 437 g/mol. The monoisotopic (exact) mass is 453 g/mol. The van der Waals surface area contributed by atoms with E-state index >= 15 is 0 Å². The molecule has 0 N–H and O–H groups in total. The summed E-state index contributed by atoms with van der Waals surface area (Å²) in [6.07, 6.45) is 0. The summed E-state index contributed by atoms with van der Waals surface area (Å²) in [6.45, 7) is 3.86. The maximum Gasteiger partial charge on any atom is 0.272 e. The van der Waals surface area contributed by atoms with Gasteiger partial charge in [0, 0.05) is 15.5 Å². The van der Waals surface area contributed by atoms with E-state index in [1.807, 2.05) is 56.3 Å². The minimum atomic E-state index is -0.392. The predicted octanol–water partition coefficient (Wildman–Crippen LogP) is 6.69. The summed E-state index contributed by atoms with van der Waals surface area (Å²) >= 11 is 13.7. The van der Waals surface area contributed by atoms with Gasteiger partial charge in [0.25, 0.3) is 11.8 Å². The van der Waals surface area contributed by atoms with Crippen LogP contribution in [0.15, 0.2) is 76.5 Å². The fraction of sp³-hybridized carbons (Fsp3) is 0.0833. The van der Waals surface area contributed by atoms with Gasteiger partial charge in [0.1, 0.15) is 0 Å². The van der Waals surface area contributed by atoms with Crippen LogP contribution in [0.2, 0.25) is 10.0 Å². The number of hydrogen-bond donors (Lipinski definition) is 0. The van der Waals surface area contributed by atoms with Gasteiger partial charge in [-0.25, -0.2) is 4.90 Å². The molecule has 0 spiro atoms. The highest BCUT2D eigenvalue weighted by atomic mass is 35.5. The third-order valence-electron chi connectivity index (χ3n) is 5.02. The first-order chi connectivity index (χ1) is 14.4. The highest BCUT2D eigenvalue weighted by molar-refractivity contribution is 8.04. The molecule has 3 aromatic rings. The van der Waals surface area contributed by atoms with Crippen molar-refractivity contribution in [2.75, 3.05) is 4.90 Å². The molecule has 0 aliphatic carbocycles. The molecule has 1 aliphatic rings. The number of hydrogen-bond acceptors (Lipinski definition) is 3. The Balaban J connectivity index is 1.89. The highest BCUT2D eigenvalue weighted by Gasteiger charge is 2.41. The number of anilines is 1. The number of nitrogens with zero attached hydrogens (tertiary/aromatic N) is 1. The second-order valence-corrected chi connectivity index (χ2v) is 8.84.